The number of carbonyl (C=O) groups is 4. The van der Waals surface area contributed by atoms with Crippen LogP contribution in [0.25, 0.3) is 0 Å². The molecule has 0 bridgehead atoms. The van der Waals surface area contributed by atoms with E-state index < -0.39 is 55.6 Å². The number of nitrogens with one attached hydrogen (secondary N) is 2. The summed E-state index contributed by atoms with van der Waals surface area (Å²) in [5.41, 5.74) is 3.13. The minimum atomic E-state index is -3.85. The van der Waals surface area contributed by atoms with Crippen LogP contribution < -0.4 is 19.2 Å². The number of pyridine rings is 2. The van der Waals surface area contributed by atoms with Gasteiger partial charge in [-0.2, -0.15) is 10.5 Å². The van der Waals surface area contributed by atoms with E-state index in [1.807, 2.05) is 16.7 Å². The van der Waals surface area contributed by atoms with E-state index in [4.69, 9.17) is 21.1 Å². The molecule has 68 heavy (non-hydrogen) atoms. The summed E-state index contributed by atoms with van der Waals surface area (Å²) < 4.78 is 64.1. The first-order valence-electron chi connectivity index (χ1n) is 22.0. The number of sulfonamides is 2. The molecule has 6 rings (SSSR count). The van der Waals surface area contributed by atoms with Gasteiger partial charge in [0.1, 0.15) is 23.8 Å². The van der Waals surface area contributed by atoms with Crippen LogP contribution in [0.2, 0.25) is 5.02 Å². The van der Waals surface area contributed by atoms with Gasteiger partial charge in [-0.05, 0) is 88.3 Å². The fourth-order valence-electron chi connectivity index (χ4n) is 7.70. The van der Waals surface area contributed by atoms with E-state index in [0.29, 0.717) is 97.5 Å². The second-order valence-corrected chi connectivity index (χ2v) is 19.8. The van der Waals surface area contributed by atoms with E-state index in [1.54, 1.807) is 75.4 Å². The van der Waals surface area contributed by atoms with Crippen LogP contribution in [-0.2, 0) is 57.0 Å². The van der Waals surface area contributed by atoms with Crippen molar-refractivity contribution < 1.29 is 45.5 Å². The molecule has 0 saturated carbocycles. The lowest BCUT2D eigenvalue weighted by atomic mass is 9.96. The number of rotatable bonds is 15. The number of amides is 2. The number of carbonyl (C=O) groups excluding carboxylic acids is 4. The summed E-state index contributed by atoms with van der Waals surface area (Å²) in [5.74, 6) is -2.75. The number of aromatic nitrogens is 2. The molecule has 2 aliphatic heterocycles. The zero-order chi connectivity index (χ0) is 49.6. The predicted molar refractivity (Wildman–Crippen MR) is 253 cm³/mol. The maximum atomic E-state index is 12.6. The third kappa shape index (κ3) is 14.2. The Balaban J connectivity index is 0.000000254. The van der Waals surface area contributed by atoms with Crippen LogP contribution in [0.1, 0.15) is 101 Å². The number of piperidine rings is 2. The van der Waals surface area contributed by atoms with E-state index in [9.17, 15) is 46.5 Å². The molecule has 2 fully saturated rings. The van der Waals surface area contributed by atoms with Crippen LogP contribution in [0.3, 0.4) is 0 Å². The molecule has 0 radical (unpaired) electrons. The van der Waals surface area contributed by atoms with Gasteiger partial charge in [-0.3, -0.25) is 19.0 Å². The Kier molecular flexibility index (Phi) is 18.4. The van der Waals surface area contributed by atoms with E-state index >= 15 is 0 Å². The van der Waals surface area contributed by atoms with Crippen LogP contribution in [0.15, 0.2) is 66.7 Å². The van der Waals surface area contributed by atoms with Gasteiger partial charge in [0, 0.05) is 43.0 Å². The lowest BCUT2D eigenvalue weighted by Crippen LogP contribution is -2.43. The highest BCUT2D eigenvalue weighted by molar-refractivity contribution is 7.89. The van der Waals surface area contributed by atoms with Gasteiger partial charge in [0.05, 0.1) is 58.4 Å². The molecule has 2 N–H and O–H groups in total. The van der Waals surface area contributed by atoms with Crippen molar-refractivity contribution in [1.82, 2.24) is 19.4 Å². The first-order chi connectivity index (χ1) is 32.4. The number of nitriles is 2. The van der Waals surface area contributed by atoms with Crippen molar-refractivity contribution >= 4 is 67.0 Å². The Labute approximate surface area is 401 Å². The second-order valence-electron chi connectivity index (χ2n) is 15.9. The summed E-state index contributed by atoms with van der Waals surface area (Å²) in [6.07, 6.45) is 2.12. The van der Waals surface area contributed by atoms with Crippen LogP contribution in [-0.4, -0.2) is 89.9 Å². The number of hydrogen-bond donors (Lipinski definition) is 2. The van der Waals surface area contributed by atoms with Crippen molar-refractivity contribution in [3.8, 4) is 12.1 Å². The summed E-state index contributed by atoms with van der Waals surface area (Å²) in [7, 11) is -7.65. The number of benzene rings is 2. The second kappa shape index (κ2) is 23.9. The molecule has 21 heteroatoms. The lowest BCUT2D eigenvalue weighted by Gasteiger charge is -2.33. The first-order valence-corrected chi connectivity index (χ1v) is 25.7. The van der Waals surface area contributed by atoms with Gasteiger partial charge in [0.2, 0.25) is 31.9 Å². The molecule has 2 aromatic heterocycles. The topological polar surface area (TPSA) is 259 Å². The number of anilines is 2. The summed E-state index contributed by atoms with van der Waals surface area (Å²) in [6.45, 7) is 9.07. The highest BCUT2D eigenvalue weighted by Crippen LogP contribution is 2.29. The highest BCUT2D eigenvalue weighted by atomic mass is 35.5. The maximum absolute atomic E-state index is 12.6. The third-order valence-electron chi connectivity index (χ3n) is 11.2. The van der Waals surface area contributed by atoms with Gasteiger partial charge in [-0.1, -0.05) is 61.0 Å². The molecular weight excluding hydrogens is 936 g/mol. The molecule has 0 spiro atoms. The van der Waals surface area contributed by atoms with Crippen molar-refractivity contribution in [1.29, 1.82) is 10.5 Å². The SMILES string of the molecule is CCOC(=O)c1cc(C#N)c(N2CCC(C(=O)NS(=O)(=O)Cc3ccc(Cl)cc3)CC2)nc1C.CCOC(=O)c1cc(C#N)c(N2CCC(C(=O)NS(=O)(=O)Cc3ccccc3)CC2)nc1CC. The Morgan fingerprint density at radius 3 is 1.54 bits per heavy atom. The molecule has 2 aromatic carbocycles. The normalized spacial score (nSPS) is 14.3. The Bertz CT molecular complexity index is 2780. The molecule has 2 aliphatic rings. The number of halogens is 1. The monoisotopic (exact) mass is 988 g/mol. The van der Waals surface area contributed by atoms with Crippen LogP contribution in [0.5, 0.6) is 0 Å². The zero-order valence-electron chi connectivity index (χ0n) is 38.2. The van der Waals surface area contributed by atoms with Gasteiger partial charge in [-0.15, -0.1) is 0 Å². The average Bonchev–Trinajstić information content (AvgIpc) is 3.32. The minimum absolute atomic E-state index is 0.215. The summed E-state index contributed by atoms with van der Waals surface area (Å²) in [5, 5.41) is 19.7. The van der Waals surface area contributed by atoms with Crippen molar-refractivity contribution in [3.05, 3.63) is 117 Å². The van der Waals surface area contributed by atoms with Crippen LogP contribution in [0, 0.1) is 41.4 Å². The van der Waals surface area contributed by atoms with E-state index in [-0.39, 0.29) is 47.0 Å². The van der Waals surface area contributed by atoms with Crippen molar-refractivity contribution in [2.24, 2.45) is 11.8 Å². The van der Waals surface area contributed by atoms with Gasteiger partial charge < -0.3 is 19.3 Å². The van der Waals surface area contributed by atoms with Crippen molar-refractivity contribution in [3.63, 3.8) is 0 Å². The molecule has 2 amide bonds. The quantitative estimate of drug-likeness (QED) is 0.139. The van der Waals surface area contributed by atoms with E-state index in [1.165, 1.54) is 12.1 Å². The number of aryl methyl sites for hydroxylation is 2. The average molecular weight is 990 g/mol. The third-order valence-corrected chi connectivity index (χ3v) is 13.9. The summed E-state index contributed by atoms with van der Waals surface area (Å²) in [4.78, 5) is 62.4. The van der Waals surface area contributed by atoms with Gasteiger partial charge in [-0.25, -0.2) is 36.4 Å². The van der Waals surface area contributed by atoms with E-state index in [2.05, 4.69) is 31.6 Å². The van der Waals surface area contributed by atoms with Gasteiger partial charge in [0.15, 0.2) is 0 Å². The predicted octanol–water partition coefficient (Wildman–Crippen LogP) is 5.51. The molecule has 2 saturated heterocycles. The highest BCUT2D eigenvalue weighted by Gasteiger charge is 2.32. The Morgan fingerprint density at radius 1 is 0.676 bits per heavy atom. The maximum Gasteiger partial charge on any atom is 0.340 e. The molecular formula is C47H53ClN8O10S2. The standard InChI is InChI=1S/C24H28N4O5S.C23H25ClN4O5S/c1-3-21-20(24(30)33-4-2)14-19(15-25)22(26-21)28-12-10-18(11-13-28)23(29)27-34(31,32)16-17-8-6-5-7-9-17;1-3-33-23(30)20-12-18(13-25)21(26-15(20)2)28-10-8-17(9-11-28)22(29)27-34(31,32)14-16-4-6-19(24)7-5-16/h5-9,14,18H,3-4,10-13,16H2,1-2H3,(H,27,29);4-7,12,17H,3,8-11,14H2,1-2H3,(H,27,29). The fourth-order valence-corrected chi connectivity index (χ4v) is 10.2. The van der Waals surface area contributed by atoms with Crippen molar-refractivity contribution in [2.75, 3.05) is 49.2 Å². The number of ether oxygens (including phenoxy) is 2. The summed E-state index contributed by atoms with van der Waals surface area (Å²) >= 11 is 5.82. The van der Waals surface area contributed by atoms with E-state index in [0.717, 1.165) is 0 Å². The van der Waals surface area contributed by atoms with Crippen LogP contribution in [0.4, 0.5) is 11.6 Å². The molecule has 18 nitrogen and oxygen atoms in total. The minimum Gasteiger partial charge on any atom is -0.462 e. The molecule has 4 aromatic rings. The summed E-state index contributed by atoms with van der Waals surface area (Å²) in [6, 6.07) is 22.2. The van der Waals surface area contributed by atoms with Gasteiger partial charge >= 0.3 is 11.9 Å². The lowest BCUT2D eigenvalue weighted by molar-refractivity contribution is -0.124. The molecule has 360 valence electrons. The number of hydrogen-bond acceptors (Lipinski definition) is 16. The Morgan fingerprint density at radius 2 is 1.10 bits per heavy atom. The smallest absolute Gasteiger partial charge is 0.340 e. The van der Waals surface area contributed by atoms with Crippen LogP contribution >= 0.6 is 11.6 Å². The Hall–Kier alpha value is -6.61. The molecule has 0 unspecified atom stereocenters. The number of nitrogens with zero attached hydrogens (tertiary/aromatic N) is 6. The largest absolute Gasteiger partial charge is 0.462 e. The first kappa shape index (κ1) is 52.4. The number of esters is 2. The fraction of sp³-hybridized carbons (Fsp3) is 0.404. The molecule has 0 aliphatic carbocycles. The zero-order valence-corrected chi connectivity index (χ0v) is 40.5. The van der Waals surface area contributed by atoms with Gasteiger partial charge in [0.25, 0.3) is 0 Å². The molecule has 0 atom stereocenters. The van der Waals surface area contributed by atoms with Crippen molar-refractivity contribution in [2.45, 2.75) is 71.3 Å². The molecule has 4 heterocycles.